The summed E-state index contributed by atoms with van der Waals surface area (Å²) in [4.78, 5) is 40.1. The van der Waals surface area contributed by atoms with Crippen LogP contribution in [0.3, 0.4) is 0 Å². The lowest BCUT2D eigenvalue weighted by Crippen LogP contribution is -2.41. The minimum Gasteiger partial charge on any atom is -0.501 e. The van der Waals surface area contributed by atoms with E-state index in [-0.39, 0.29) is 11.7 Å². The van der Waals surface area contributed by atoms with Gasteiger partial charge in [0, 0.05) is 20.1 Å². The van der Waals surface area contributed by atoms with E-state index in [0.29, 0.717) is 38.5 Å². The van der Waals surface area contributed by atoms with Crippen LogP contribution in [0.5, 0.6) is 5.75 Å². The quantitative estimate of drug-likeness (QED) is 0.572. The Kier molecular flexibility index (Phi) is 9.15. The number of aromatic nitrogens is 2. The molecule has 0 spiro atoms. The van der Waals surface area contributed by atoms with Crippen LogP contribution < -0.4 is 10.9 Å². The fourth-order valence-electron chi connectivity index (χ4n) is 3.07. The summed E-state index contributed by atoms with van der Waals surface area (Å²) in [5, 5.41) is 20.0. The summed E-state index contributed by atoms with van der Waals surface area (Å²) in [6, 6.07) is 9.47. The van der Waals surface area contributed by atoms with Gasteiger partial charge in [0.1, 0.15) is 5.82 Å². The van der Waals surface area contributed by atoms with Gasteiger partial charge in [0.2, 0.25) is 5.75 Å². The number of aliphatic carboxylic acids is 1. The second-order valence-electron chi connectivity index (χ2n) is 7.40. The molecule has 10 nitrogen and oxygen atoms in total. The van der Waals surface area contributed by atoms with Crippen LogP contribution in [0.25, 0.3) is 0 Å². The fraction of sp³-hybridized carbons (Fsp3) is 0.429. The van der Waals surface area contributed by atoms with E-state index in [1.807, 2.05) is 42.3 Å². The number of nitrogens with zero attached hydrogens (tertiary/aromatic N) is 3. The van der Waals surface area contributed by atoms with Crippen LogP contribution in [0.4, 0.5) is 13.2 Å². The molecule has 1 saturated heterocycles. The monoisotopic (exact) mass is 486 g/mol. The van der Waals surface area contributed by atoms with Crippen molar-refractivity contribution in [1.29, 1.82) is 0 Å². The third kappa shape index (κ3) is 7.02. The molecule has 0 radical (unpaired) electrons. The number of amides is 1. The molecule has 186 valence electrons. The highest BCUT2D eigenvalue weighted by molar-refractivity contribution is 5.94. The molecule has 1 aromatic carbocycles. The van der Waals surface area contributed by atoms with Crippen LogP contribution in [-0.2, 0) is 23.0 Å². The number of carboxylic acids is 1. The minimum atomic E-state index is -5.08. The molecule has 2 aromatic rings. The van der Waals surface area contributed by atoms with Crippen molar-refractivity contribution in [1.82, 2.24) is 19.8 Å². The molecule has 0 aliphatic carbocycles. The Morgan fingerprint density at radius 3 is 2.41 bits per heavy atom. The third-order valence-electron chi connectivity index (χ3n) is 5.00. The lowest BCUT2D eigenvalue weighted by Gasteiger charge is -2.32. The molecule has 1 unspecified atom stereocenters. The molecule has 13 heteroatoms. The molecule has 3 rings (SSSR count). The molecule has 1 amide bonds. The number of morpholine rings is 1. The first-order chi connectivity index (χ1) is 15.9. The van der Waals surface area contributed by atoms with Crippen molar-refractivity contribution < 1.29 is 37.7 Å². The number of benzene rings is 1. The number of aromatic hydroxyl groups is 1. The van der Waals surface area contributed by atoms with E-state index in [1.165, 1.54) is 11.6 Å². The summed E-state index contributed by atoms with van der Waals surface area (Å²) < 4.78 is 38.5. The van der Waals surface area contributed by atoms with Crippen molar-refractivity contribution in [2.75, 3.05) is 33.4 Å². The first-order valence-corrected chi connectivity index (χ1v) is 10.1. The van der Waals surface area contributed by atoms with E-state index >= 15 is 0 Å². The normalized spacial score (nSPS) is 16.3. The molecule has 3 N–H and O–H groups in total. The number of rotatable bonds is 5. The van der Waals surface area contributed by atoms with Gasteiger partial charge in [-0.3, -0.25) is 19.1 Å². The Morgan fingerprint density at radius 1 is 1.24 bits per heavy atom. The van der Waals surface area contributed by atoms with Crippen LogP contribution in [0.15, 0.2) is 35.1 Å². The molecular formula is C21H25F3N4O6. The molecule has 1 aliphatic rings. The lowest BCUT2D eigenvalue weighted by molar-refractivity contribution is -0.192. The van der Waals surface area contributed by atoms with Gasteiger partial charge in [-0.1, -0.05) is 30.3 Å². The van der Waals surface area contributed by atoms with Gasteiger partial charge in [0.15, 0.2) is 5.69 Å². The maximum atomic E-state index is 12.5. The summed E-state index contributed by atoms with van der Waals surface area (Å²) >= 11 is 0. The number of carbonyl (C=O) groups excluding carboxylic acids is 1. The van der Waals surface area contributed by atoms with E-state index in [1.54, 1.807) is 0 Å². The van der Waals surface area contributed by atoms with Crippen molar-refractivity contribution in [2.24, 2.45) is 7.05 Å². The van der Waals surface area contributed by atoms with Crippen LogP contribution in [0, 0.1) is 0 Å². The van der Waals surface area contributed by atoms with Crippen molar-refractivity contribution >= 4 is 11.9 Å². The zero-order valence-corrected chi connectivity index (χ0v) is 18.5. The van der Waals surface area contributed by atoms with Crippen molar-refractivity contribution in [3.63, 3.8) is 0 Å². The van der Waals surface area contributed by atoms with Crippen molar-refractivity contribution in [3.8, 4) is 5.75 Å². The smallest absolute Gasteiger partial charge is 0.490 e. The molecule has 1 atom stereocenters. The Bertz CT molecular complexity index is 1060. The lowest BCUT2D eigenvalue weighted by atomic mass is 10.1. The summed E-state index contributed by atoms with van der Waals surface area (Å²) in [5.41, 5.74) is 0.188. The maximum absolute atomic E-state index is 12.5. The summed E-state index contributed by atoms with van der Waals surface area (Å²) in [7, 11) is 3.44. The van der Waals surface area contributed by atoms with Crippen molar-refractivity contribution in [2.45, 2.75) is 18.6 Å². The third-order valence-corrected chi connectivity index (χ3v) is 5.00. The van der Waals surface area contributed by atoms with Crippen LogP contribution >= 0.6 is 0 Å². The first-order valence-electron chi connectivity index (χ1n) is 10.1. The van der Waals surface area contributed by atoms with Gasteiger partial charge in [0.05, 0.1) is 19.3 Å². The van der Waals surface area contributed by atoms with Crippen LogP contribution in [0.2, 0.25) is 0 Å². The minimum absolute atomic E-state index is 0.250. The fourth-order valence-corrected chi connectivity index (χ4v) is 3.07. The van der Waals surface area contributed by atoms with E-state index < -0.39 is 29.4 Å². The largest absolute Gasteiger partial charge is 0.501 e. The van der Waals surface area contributed by atoms with Gasteiger partial charge < -0.3 is 20.3 Å². The highest BCUT2D eigenvalue weighted by Gasteiger charge is 2.38. The van der Waals surface area contributed by atoms with E-state index in [9.17, 15) is 27.9 Å². The SMILES string of the molecule is CN1CCOCC1c1nc(C(=O)NCCc2ccccc2)c(O)c(=O)n1C.O=C(O)C(F)(F)F. The number of carbonyl (C=O) groups is 2. The second-order valence-corrected chi connectivity index (χ2v) is 7.40. The summed E-state index contributed by atoms with van der Waals surface area (Å²) in [6.45, 7) is 2.05. The number of hydrogen-bond donors (Lipinski definition) is 3. The van der Waals surface area contributed by atoms with Gasteiger partial charge in [-0.2, -0.15) is 13.2 Å². The molecule has 1 aliphatic heterocycles. The molecule has 1 aromatic heterocycles. The highest BCUT2D eigenvalue weighted by Crippen LogP contribution is 2.22. The standard InChI is InChI=1S/C19H24N4O4.C2HF3O2/c1-22-10-11-27-12-14(22)17-21-15(16(24)19(26)23(17)2)18(25)20-9-8-13-6-4-3-5-7-13;3-2(4,5)1(6)7/h3-7,14,24H,8-12H2,1-2H3,(H,20,25);(H,6,7). The zero-order chi connectivity index (χ0) is 25.5. The summed E-state index contributed by atoms with van der Waals surface area (Å²) in [6.07, 6.45) is -4.44. The van der Waals surface area contributed by atoms with E-state index in [2.05, 4.69) is 10.3 Å². The van der Waals surface area contributed by atoms with Gasteiger partial charge in [-0.15, -0.1) is 0 Å². The van der Waals surface area contributed by atoms with E-state index in [0.717, 1.165) is 5.56 Å². The number of nitrogens with one attached hydrogen (secondary N) is 1. The molecule has 1 fully saturated rings. The molecular weight excluding hydrogens is 461 g/mol. The summed E-state index contributed by atoms with van der Waals surface area (Å²) in [5.74, 6) is -3.57. The number of hydrogen-bond acceptors (Lipinski definition) is 7. The Balaban J connectivity index is 0.000000509. The number of halogens is 3. The van der Waals surface area contributed by atoms with Gasteiger partial charge in [0.25, 0.3) is 11.5 Å². The molecule has 2 heterocycles. The predicted octanol–water partition coefficient (Wildman–Crippen LogP) is 1.09. The Morgan fingerprint density at radius 2 is 1.85 bits per heavy atom. The number of likely N-dealkylation sites (N-methyl/N-ethyl adjacent to an activating group) is 1. The first kappa shape index (κ1) is 26.8. The topological polar surface area (TPSA) is 134 Å². The van der Waals surface area contributed by atoms with E-state index in [4.69, 9.17) is 14.6 Å². The van der Waals surface area contributed by atoms with Gasteiger partial charge >= 0.3 is 12.1 Å². The van der Waals surface area contributed by atoms with Gasteiger partial charge in [-0.05, 0) is 19.0 Å². The molecule has 34 heavy (non-hydrogen) atoms. The zero-order valence-electron chi connectivity index (χ0n) is 18.5. The van der Waals surface area contributed by atoms with Crippen LogP contribution in [0.1, 0.15) is 27.9 Å². The highest BCUT2D eigenvalue weighted by atomic mass is 19.4. The average molecular weight is 486 g/mol. The Hall–Kier alpha value is -3.45. The second kappa shape index (κ2) is 11.6. The predicted molar refractivity (Wildman–Crippen MR) is 114 cm³/mol. The molecule has 0 saturated carbocycles. The van der Waals surface area contributed by atoms with Gasteiger partial charge in [-0.25, -0.2) is 9.78 Å². The maximum Gasteiger partial charge on any atom is 0.490 e. The number of carboxylic acid groups (broad SMARTS) is 1. The number of ether oxygens (including phenoxy) is 1. The Labute approximate surface area is 192 Å². The van der Waals surface area contributed by atoms with Crippen LogP contribution in [-0.4, -0.2) is 76.1 Å². The average Bonchev–Trinajstić information content (AvgIpc) is 2.79. The van der Waals surface area contributed by atoms with Crippen molar-refractivity contribution in [3.05, 3.63) is 57.8 Å². The molecule has 0 bridgehead atoms. The number of alkyl halides is 3.